The SMILES string of the molecule is CC(C)Oc1cc2c(C(=O)O)c(-c3ccc(F)cc3)oc2cc1N1CCS(=O)CC1. The van der Waals surface area contributed by atoms with Gasteiger partial charge < -0.3 is 19.2 Å². The van der Waals surface area contributed by atoms with Crippen LogP contribution in [0.5, 0.6) is 5.75 Å². The molecule has 0 aliphatic carbocycles. The van der Waals surface area contributed by atoms with Gasteiger partial charge in [0.05, 0.1) is 11.8 Å². The van der Waals surface area contributed by atoms with Gasteiger partial charge in [0.2, 0.25) is 0 Å². The van der Waals surface area contributed by atoms with Crippen molar-refractivity contribution in [3.8, 4) is 17.1 Å². The second-order valence-corrected chi connectivity index (χ2v) is 9.13. The Kier molecular flexibility index (Phi) is 5.51. The number of aromatic carboxylic acids is 1. The molecule has 1 saturated heterocycles. The molecule has 1 aliphatic heterocycles. The van der Waals surface area contributed by atoms with E-state index in [1.54, 1.807) is 12.1 Å². The highest BCUT2D eigenvalue weighted by molar-refractivity contribution is 7.85. The maximum Gasteiger partial charge on any atom is 0.340 e. The first-order valence-electron chi connectivity index (χ1n) is 9.70. The van der Waals surface area contributed by atoms with Crippen LogP contribution >= 0.6 is 0 Å². The molecule has 1 fully saturated rings. The van der Waals surface area contributed by atoms with Crippen LogP contribution in [0.1, 0.15) is 24.2 Å². The number of carboxylic acid groups (broad SMARTS) is 1. The molecule has 0 radical (unpaired) electrons. The minimum Gasteiger partial charge on any atom is -0.489 e. The zero-order chi connectivity index (χ0) is 21.4. The molecule has 2 aromatic carbocycles. The molecule has 1 aromatic heterocycles. The van der Waals surface area contributed by atoms with Crippen molar-refractivity contribution in [3.05, 3.63) is 47.8 Å². The molecule has 1 aliphatic rings. The number of anilines is 1. The highest BCUT2D eigenvalue weighted by atomic mass is 32.2. The standard InChI is InChI=1S/C22H22FNO5S/c1-13(2)28-19-11-16-18(12-17(19)24-7-9-30(27)10-8-24)29-21(20(16)22(25)26)14-3-5-15(23)6-4-14/h3-6,11-13H,7-10H2,1-2H3,(H,25,26). The molecule has 6 nitrogen and oxygen atoms in total. The summed E-state index contributed by atoms with van der Waals surface area (Å²) in [6, 6.07) is 8.98. The number of benzene rings is 2. The van der Waals surface area contributed by atoms with Gasteiger partial charge in [-0.3, -0.25) is 4.21 Å². The Balaban J connectivity index is 1.90. The Hall–Kier alpha value is -2.87. The number of ether oxygens (including phenoxy) is 1. The fourth-order valence-electron chi connectivity index (χ4n) is 3.60. The Morgan fingerprint density at radius 2 is 1.87 bits per heavy atom. The van der Waals surface area contributed by atoms with Crippen LogP contribution in [-0.2, 0) is 10.8 Å². The van der Waals surface area contributed by atoms with E-state index in [0.717, 1.165) is 5.69 Å². The molecule has 8 heteroatoms. The smallest absolute Gasteiger partial charge is 0.340 e. The van der Waals surface area contributed by atoms with Gasteiger partial charge in [0.1, 0.15) is 28.5 Å². The van der Waals surface area contributed by atoms with Gasteiger partial charge in [-0.2, -0.15) is 0 Å². The van der Waals surface area contributed by atoms with Crippen LogP contribution in [0.25, 0.3) is 22.3 Å². The molecule has 30 heavy (non-hydrogen) atoms. The summed E-state index contributed by atoms with van der Waals surface area (Å²) in [6.07, 6.45) is -0.114. The van der Waals surface area contributed by atoms with E-state index in [0.29, 0.717) is 46.9 Å². The highest BCUT2D eigenvalue weighted by Gasteiger charge is 2.26. The topological polar surface area (TPSA) is 80.0 Å². The largest absolute Gasteiger partial charge is 0.489 e. The third-order valence-electron chi connectivity index (χ3n) is 4.97. The predicted molar refractivity (Wildman–Crippen MR) is 114 cm³/mol. The Bertz CT molecular complexity index is 1110. The summed E-state index contributed by atoms with van der Waals surface area (Å²) < 4.78 is 37.0. The molecule has 0 unspecified atom stereocenters. The van der Waals surface area contributed by atoms with E-state index in [9.17, 15) is 18.5 Å². The van der Waals surface area contributed by atoms with Crippen LogP contribution in [0.15, 0.2) is 40.8 Å². The zero-order valence-corrected chi connectivity index (χ0v) is 17.5. The molecule has 0 atom stereocenters. The molecule has 0 spiro atoms. The Morgan fingerprint density at radius 3 is 2.47 bits per heavy atom. The molecule has 0 saturated carbocycles. The van der Waals surface area contributed by atoms with Crippen LogP contribution in [0.2, 0.25) is 0 Å². The molecule has 158 valence electrons. The minimum atomic E-state index is -1.13. The lowest BCUT2D eigenvalue weighted by Gasteiger charge is -2.30. The first kappa shape index (κ1) is 20.4. The minimum absolute atomic E-state index is 0.0107. The van der Waals surface area contributed by atoms with Gasteiger partial charge in [0.25, 0.3) is 0 Å². The van der Waals surface area contributed by atoms with E-state index < -0.39 is 22.6 Å². The normalized spacial score (nSPS) is 15.1. The molecule has 3 aromatic rings. The lowest BCUT2D eigenvalue weighted by molar-refractivity contribution is 0.0699. The fraction of sp³-hybridized carbons (Fsp3) is 0.318. The van der Waals surface area contributed by atoms with Crippen molar-refractivity contribution in [2.24, 2.45) is 0 Å². The third kappa shape index (κ3) is 3.92. The average molecular weight is 431 g/mol. The molecule has 4 rings (SSSR count). The van der Waals surface area contributed by atoms with E-state index in [-0.39, 0.29) is 17.4 Å². The average Bonchev–Trinajstić information content (AvgIpc) is 3.07. The molecule has 1 N–H and O–H groups in total. The number of rotatable bonds is 5. The van der Waals surface area contributed by atoms with Crippen molar-refractivity contribution in [2.75, 3.05) is 29.5 Å². The van der Waals surface area contributed by atoms with Gasteiger partial charge in [-0.25, -0.2) is 9.18 Å². The second kappa shape index (κ2) is 8.10. The number of halogens is 1. The van der Waals surface area contributed by atoms with Crippen molar-refractivity contribution in [2.45, 2.75) is 20.0 Å². The first-order chi connectivity index (χ1) is 14.3. The number of fused-ring (bicyclic) bond motifs is 1. The fourth-order valence-corrected chi connectivity index (χ4v) is 4.66. The second-order valence-electron chi connectivity index (χ2n) is 7.44. The van der Waals surface area contributed by atoms with Crippen LogP contribution in [0.4, 0.5) is 10.1 Å². The van der Waals surface area contributed by atoms with Crippen LogP contribution in [0, 0.1) is 5.82 Å². The van der Waals surface area contributed by atoms with Crippen LogP contribution in [0.3, 0.4) is 0 Å². The summed E-state index contributed by atoms with van der Waals surface area (Å²) in [5, 5.41) is 10.3. The number of furan rings is 1. The number of carbonyl (C=O) groups is 1. The summed E-state index contributed by atoms with van der Waals surface area (Å²) in [7, 11) is -0.826. The summed E-state index contributed by atoms with van der Waals surface area (Å²) >= 11 is 0. The van der Waals surface area contributed by atoms with Gasteiger partial charge in [0, 0.05) is 52.4 Å². The van der Waals surface area contributed by atoms with Crippen molar-refractivity contribution in [3.63, 3.8) is 0 Å². The van der Waals surface area contributed by atoms with Crippen molar-refractivity contribution in [1.29, 1.82) is 0 Å². The summed E-state index contributed by atoms with van der Waals surface area (Å²) in [5.74, 6) is 0.315. The summed E-state index contributed by atoms with van der Waals surface area (Å²) in [6.45, 7) is 5.03. The van der Waals surface area contributed by atoms with E-state index in [1.807, 2.05) is 13.8 Å². The van der Waals surface area contributed by atoms with Gasteiger partial charge in [-0.15, -0.1) is 0 Å². The van der Waals surface area contributed by atoms with E-state index >= 15 is 0 Å². The zero-order valence-electron chi connectivity index (χ0n) is 16.7. The molecular weight excluding hydrogens is 409 g/mol. The highest BCUT2D eigenvalue weighted by Crippen LogP contribution is 2.41. The Labute approximate surface area is 175 Å². The van der Waals surface area contributed by atoms with Gasteiger partial charge in [-0.05, 0) is 44.2 Å². The molecule has 0 amide bonds. The lowest BCUT2D eigenvalue weighted by Crippen LogP contribution is -2.38. The van der Waals surface area contributed by atoms with Gasteiger partial charge in [0.15, 0.2) is 0 Å². The Morgan fingerprint density at radius 1 is 1.20 bits per heavy atom. The van der Waals surface area contributed by atoms with Crippen molar-refractivity contribution < 1.29 is 27.7 Å². The third-order valence-corrected chi connectivity index (χ3v) is 6.25. The number of nitrogens with zero attached hydrogens (tertiary/aromatic N) is 1. The lowest BCUT2D eigenvalue weighted by atomic mass is 10.0. The number of hydrogen-bond acceptors (Lipinski definition) is 5. The maximum atomic E-state index is 13.3. The van der Waals surface area contributed by atoms with Gasteiger partial charge >= 0.3 is 5.97 Å². The molecular formula is C22H22FNO5S. The molecule has 2 heterocycles. The summed E-state index contributed by atoms with van der Waals surface area (Å²) in [4.78, 5) is 14.2. The monoisotopic (exact) mass is 431 g/mol. The quantitative estimate of drug-likeness (QED) is 0.649. The van der Waals surface area contributed by atoms with E-state index in [4.69, 9.17) is 9.15 Å². The van der Waals surface area contributed by atoms with Crippen molar-refractivity contribution in [1.82, 2.24) is 0 Å². The van der Waals surface area contributed by atoms with Crippen molar-refractivity contribution >= 4 is 33.4 Å². The predicted octanol–water partition coefficient (Wildman–Crippen LogP) is 4.29. The van der Waals surface area contributed by atoms with Crippen LogP contribution in [-0.4, -0.2) is 46.0 Å². The first-order valence-corrected chi connectivity index (χ1v) is 11.2. The van der Waals surface area contributed by atoms with E-state index in [1.165, 1.54) is 24.3 Å². The maximum absolute atomic E-state index is 13.3. The molecule has 0 bridgehead atoms. The van der Waals surface area contributed by atoms with Gasteiger partial charge in [-0.1, -0.05) is 0 Å². The number of hydrogen-bond donors (Lipinski definition) is 1. The van der Waals surface area contributed by atoms with E-state index in [2.05, 4.69) is 4.90 Å². The summed E-state index contributed by atoms with van der Waals surface area (Å²) in [5.41, 5.74) is 1.68. The van der Waals surface area contributed by atoms with Crippen LogP contribution < -0.4 is 9.64 Å². The number of carboxylic acids is 1.